The Hall–Kier alpha value is -3.58. The molecule has 6 rings (SSSR count). The van der Waals surface area contributed by atoms with Gasteiger partial charge in [0, 0.05) is 57.9 Å². The minimum atomic E-state index is -1.33. The third-order valence-electron chi connectivity index (χ3n) is 8.44. The standard InChI is InChI=1S/C31H29Cl2F2N7O2/c1-16-2-7-24(34)25(26(16)35)28-22-10-19(32)4-6-21(22)27-18(12-38-28)13-39-30(41-27)40-20-5-3-17(23(33)11-20)14-42(44)9-8-31(37,15-42)29(36)43/h3-7,10-11,13,16H,2,8-9,12,14-15,37H2,1H3,(H2,36,43)(H,39,40,41)/p+1. The van der Waals surface area contributed by atoms with E-state index in [1.165, 1.54) is 6.08 Å². The zero-order valence-corrected chi connectivity index (χ0v) is 25.3. The van der Waals surface area contributed by atoms with Gasteiger partial charge in [-0.2, -0.15) is 9.97 Å². The molecule has 13 heteroatoms. The lowest BCUT2D eigenvalue weighted by Gasteiger charge is -2.39. The van der Waals surface area contributed by atoms with Crippen molar-refractivity contribution in [3.05, 3.63) is 97.8 Å². The van der Waals surface area contributed by atoms with Gasteiger partial charge in [0.05, 0.1) is 35.1 Å². The number of aliphatic imine (C=N–C) groups is 1. The predicted octanol–water partition coefficient (Wildman–Crippen LogP) is 4.80. The molecule has 9 nitrogen and oxygen atoms in total. The largest absolute Gasteiger partial charge is 0.632 e. The van der Waals surface area contributed by atoms with E-state index in [0.717, 1.165) is 0 Å². The summed E-state index contributed by atoms with van der Waals surface area (Å²) in [6, 6.07) is 10.4. The average molecular weight is 642 g/mol. The summed E-state index contributed by atoms with van der Waals surface area (Å²) in [7, 11) is 0. The van der Waals surface area contributed by atoms with Crippen molar-refractivity contribution in [3.63, 3.8) is 0 Å². The van der Waals surface area contributed by atoms with Crippen LogP contribution in [-0.4, -0.2) is 44.9 Å². The van der Waals surface area contributed by atoms with Crippen LogP contribution in [0.25, 0.3) is 11.3 Å². The molecule has 3 aliphatic rings. The molecule has 1 aromatic heterocycles. The maximum atomic E-state index is 15.3. The first-order valence-electron chi connectivity index (χ1n) is 14.1. The summed E-state index contributed by atoms with van der Waals surface area (Å²) in [5.41, 5.74) is 13.8. The van der Waals surface area contributed by atoms with E-state index in [9.17, 15) is 10.0 Å². The van der Waals surface area contributed by atoms with Crippen LogP contribution in [0.2, 0.25) is 10.0 Å². The van der Waals surface area contributed by atoms with E-state index in [1.807, 2.05) is 0 Å². The van der Waals surface area contributed by atoms with E-state index in [4.69, 9.17) is 39.7 Å². The highest BCUT2D eigenvalue weighted by Gasteiger charge is 2.46. The number of quaternary nitrogens is 2. The normalized spacial score (nSPS) is 24.8. The van der Waals surface area contributed by atoms with Crippen LogP contribution in [-0.2, 0) is 17.9 Å². The number of hydroxylamine groups is 3. The van der Waals surface area contributed by atoms with Crippen LogP contribution in [0.5, 0.6) is 0 Å². The molecular weight excluding hydrogens is 611 g/mol. The first-order valence-corrected chi connectivity index (χ1v) is 14.9. The molecule has 3 aromatic rings. The van der Waals surface area contributed by atoms with Gasteiger partial charge < -0.3 is 21.3 Å². The van der Waals surface area contributed by atoms with Crippen molar-refractivity contribution >= 4 is 46.5 Å². The zero-order valence-electron chi connectivity index (χ0n) is 23.8. The highest BCUT2D eigenvalue weighted by molar-refractivity contribution is 6.32. The lowest BCUT2D eigenvalue weighted by atomic mass is 9.88. The highest BCUT2D eigenvalue weighted by Crippen LogP contribution is 2.39. The smallest absolute Gasteiger partial charge is 0.331 e. The summed E-state index contributed by atoms with van der Waals surface area (Å²) in [6.07, 6.45) is 3.51. The van der Waals surface area contributed by atoms with Gasteiger partial charge in [0.15, 0.2) is 5.54 Å². The lowest BCUT2D eigenvalue weighted by molar-refractivity contribution is -0.882. The first-order chi connectivity index (χ1) is 20.9. The molecule has 0 bridgehead atoms. The molecule has 1 aliphatic carbocycles. The number of primary amides is 1. The topological polar surface area (TPSA) is 147 Å². The number of nitrogens with two attached hydrogens (primary N) is 3. The van der Waals surface area contributed by atoms with E-state index in [0.29, 0.717) is 49.6 Å². The molecule has 3 heterocycles. The Bertz CT molecular complexity index is 1800. The molecule has 1 amide bonds. The van der Waals surface area contributed by atoms with Crippen LogP contribution < -0.4 is 16.8 Å². The van der Waals surface area contributed by atoms with Gasteiger partial charge in [-0.15, -0.1) is 0 Å². The number of hydrogen-bond acceptors (Lipinski definition) is 6. The second kappa shape index (κ2) is 11.4. The third-order valence-corrected chi connectivity index (χ3v) is 9.03. The van der Waals surface area contributed by atoms with Gasteiger partial charge in [-0.05, 0) is 30.7 Å². The maximum Gasteiger partial charge on any atom is 0.331 e. The second-order valence-electron chi connectivity index (χ2n) is 11.7. The van der Waals surface area contributed by atoms with E-state index in [-0.39, 0.29) is 50.3 Å². The fraction of sp³-hybridized carbons (Fsp3) is 0.290. The van der Waals surface area contributed by atoms with Gasteiger partial charge in [-0.1, -0.05) is 36.2 Å². The van der Waals surface area contributed by atoms with Crippen molar-refractivity contribution in [3.8, 4) is 11.3 Å². The van der Waals surface area contributed by atoms with Crippen LogP contribution in [0.1, 0.15) is 36.5 Å². The number of carbonyl (C=O) groups excluding carboxylic acids is 1. The van der Waals surface area contributed by atoms with Crippen molar-refractivity contribution in [2.45, 2.75) is 38.4 Å². The number of fused-ring (bicyclic) bond motifs is 3. The molecule has 228 valence electrons. The number of benzene rings is 2. The quantitative estimate of drug-likeness (QED) is 0.201. The summed E-state index contributed by atoms with van der Waals surface area (Å²) in [4.78, 5) is 25.6. The van der Waals surface area contributed by atoms with Gasteiger partial charge in [0.2, 0.25) is 5.91 Å². The fourth-order valence-corrected chi connectivity index (χ4v) is 6.37. The SMILES string of the molecule is CC1CC=C(F)C(C2=NCc3cnc([NH2+]c4ccc(C[N+]5([O-])CCC(N)(C(N)=O)C5)c(Cl)c4)nc3-c3ccc(Cl)cc32)=C1F. The summed E-state index contributed by atoms with van der Waals surface area (Å²) < 4.78 is 29.7. The molecule has 6 N–H and O–H groups in total. The number of carbonyl (C=O) groups is 1. The van der Waals surface area contributed by atoms with Crippen LogP contribution in [0.3, 0.4) is 0 Å². The van der Waals surface area contributed by atoms with Crippen molar-refractivity contribution in [2.75, 3.05) is 13.1 Å². The van der Waals surface area contributed by atoms with Gasteiger partial charge in [-0.25, -0.2) is 14.1 Å². The van der Waals surface area contributed by atoms with Gasteiger partial charge in [0.25, 0.3) is 0 Å². The second-order valence-corrected chi connectivity index (χ2v) is 12.6. The summed E-state index contributed by atoms with van der Waals surface area (Å²) in [5, 5.41) is 15.8. The van der Waals surface area contributed by atoms with Gasteiger partial charge in [-0.3, -0.25) is 9.79 Å². The monoisotopic (exact) mass is 640 g/mol. The summed E-state index contributed by atoms with van der Waals surface area (Å²) in [5.74, 6) is -1.98. The number of nitrogens with zero attached hydrogens (tertiary/aromatic N) is 4. The van der Waals surface area contributed by atoms with E-state index >= 15 is 8.78 Å². The molecule has 1 fully saturated rings. The molecule has 2 aromatic carbocycles. The van der Waals surface area contributed by atoms with Gasteiger partial charge >= 0.3 is 5.95 Å². The minimum absolute atomic E-state index is 0.0496. The highest BCUT2D eigenvalue weighted by atomic mass is 35.5. The van der Waals surface area contributed by atoms with E-state index in [1.54, 1.807) is 54.8 Å². The van der Waals surface area contributed by atoms with Crippen molar-refractivity contribution < 1.29 is 23.5 Å². The molecule has 0 saturated carbocycles. The summed E-state index contributed by atoms with van der Waals surface area (Å²) >= 11 is 12.9. The Morgan fingerprint density at radius 1 is 1.20 bits per heavy atom. The minimum Gasteiger partial charge on any atom is -0.632 e. The zero-order chi connectivity index (χ0) is 31.4. The molecule has 1 saturated heterocycles. The van der Waals surface area contributed by atoms with Crippen LogP contribution in [0, 0.1) is 11.1 Å². The molecule has 44 heavy (non-hydrogen) atoms. The van der Waals surface area contributed by atoms with Crippen molar-refractivity contribution in [1.29, 1.82) is 0 Å². The predicted molar refractivity (Wildman–Crippen MR) is 164 cm³/mol. The number of aromatic nitrogens is 2. The molecule has 0 radical (unpaired) electrons. The molecule has 0 spiro atoms. The Labute approximate surface area is 262 Å². The molecule has 3 atom stereocenters. The van der Waals surface area contributed by atoms with E-state index < -0.39 is 33.7 Å². The number of allylic oxidation sites excluding steroid dienone is 4. The number of halogens is 4. The molecule has 2 aliphatic heterocycles. The Morgan fingerprint density at radius 2 is 2.00 bits per heavy atom. The summed E-state index contributed by atoms with van der Waals surface area (Å²) in [6.45, 7) is 1.92. The van der Waals surface area contributed by atoms with E-state index in [2.05, 4.69) is 9.98 Å². The fourth-order valence-electron chi connectivity index (χ4n) is 5.95. The van der Waals surface area contributed by atoms with Crippen LogP contribution in [0.15, 0.2) is 70.9 Å². The number of amides is 1. The molecule has 3 unspecified atom stereocenters. The number of rotatable bonds is 6. The van der Waals surface area contributed by atoms with Crippen LogP contribution in [0.4, 0.5) is 20.4 Å². The average Bonchev–Trinajstić information content (AvgIpc) is 3.21. The lowest BCUT2D eigenvalue weighted by Crippen LogP contribution is -2.72. The first kappa shape index (κ1) is 30.4. The van der Waals surface area contributed by atoms with Crippen molar-refractivity contribution in [2.24, 2.45) is 22.4 Å². The van der Waals surface area contributed by atoms with Gasteiger partial charge in [0.1, 0.15) is 30.4 Å². The Morgan fingerprint density at radius 3 is 2.73 bits per heavy atom. The molecular formula is C31H30Cl2F2N7O2+. The Balaban J connectivity index is 1.28. The maximum absolute atomic E-state index is 15.3. The van der Waals surface area contributed by atoms with Crippen molar-refractivity contribution in [1.82, 2.24) is 9.97 Å². The third kappa shape index (κ3) is 5.67. The number of hydrogen-bond donors (Lipinski definition) is 3. The Kier molecular flexibility index (Phi) is 7.89. The number of likely N-dealkylation sites (tertiary alicyclic amines) is 1. The van der Waals surface area contributed by atoms with Crippen LogP contribution >= 0.6 is 23.2 Å².